The van der Waals surface area contributed by atoms with Gasteiger partial charge in [0.1, 0.15) is 24.1 Å². The fraction of sp³-hybridized carbons (Fsp3) is 0.571. The third kappa shape index (κ3) is 2.79. The van der Waals surface area contributed by atoms with Gasteiger partial charge in [0, 0.05) is 0 Å². The highest BCUT2D eigenvalue weighted by Gasteiger charge is 2.48. The summed E-state index contributed by atoms with van der Waals surface area (Å²) in [6.45, 7) is 2.20. The van der Waals surface area contributed by atoms with Gasteiger partial charge >= 0.3 is 5.97 Å². The summed E-state index contributed by atoms with van der Waals surface area (Å²) in [7, 11) is 0. The second-order valence-electron chi connectivity index (χ2n) is 5.53. The first-order valence-electron chi connectivity index (χ1n) is 7.65. The maximum atomic E-state index is 12.0. The van der Waals surface area contributed by atoms with Crippen molar-refractivity contribution >= 4 is 23.0 Å². The molecule has 3 heterocycles. The van der Waals surface area contributed by atoms with E-state index in [2.05, 4.69) is 15.0 Å². The molecular formula is C14H19N5O5. The molecule has 4 unspecified atom stereocenters. The molecule has 0 aromatic carbocycles. The van der Waals surface area contributed by atoms with Gasteiger partial charge in [-0.25, -0.2) is 19.7 Å². The molecular weight excluding hydrogens is 318 g/mol. The summed E-state index contributed by atoms with van der Waals surface area (Å²) in [5.41, 5.74) is 6.40. The summed E-state index contributed by atoms with van der Waals surface area (Å²) in [5, 5.41) is 20.4. The van der Waals surface area contributed by atoms with Crippen LogP contribution in [0.15, 0.2) is 12.7 Å². The van der Waals surface area contributed by atoms with Crippen LogP contribution in [0.5, 0.6) is 0 Å². The summed E-state index contributed by atoms with van der Waals surface area (Å²) in [5.74, 6) is -0.529. The molecule has 24 heavy (non-hydrogen) atoms. The zero-order valence-electron chi connectivity index (χ0n) is 13.1. The van der Waals surface area contributed by atoms with Crippen LogP contribution in [-0.4, -0.2) is 60.6 Å². The average Bonchev–Trinajstić information content (AvgIpc) is 3.11. The van der Waals surface area contributed by atoms with Crippen molar-refractivity contribution in [3.05, 3.63) is 12.7 Å². The van der Waals surface area contributed by atoms with Crippen LogP contribution in [0.25, 0.3) is 11.2 Å². The summed E-state index contributed by atoms with van der Waals surface area (Å²) >= 11 is 0. The maximum Gasteiger partial charge on any atom is 0.338 e. The molecule has 0 amide bonds. The Bertz CT molecular complexity index is 735. The van der Waals surface area contributed by atoms with Crippen molar-refractivity contribution < 1.29 is 24.5 Å². The van der Waals surface area contributed by atoms with E-state index in [1.165, 1.54) is 17.2 Å². The summed E-state index contributed by atoms with van der Waals surface area (Å²) in [6, 6.07) is 0. The van der Waals surface area contributed by atoms with Gasteiger partial charge in [-0.3, -0.25) is 4.57 Å². The minimum atomic E-state index is -1.42. The molecule has 2 aromatic heterocycles. The van der Waals surface area contributed by atoms with Crippen LogP contribution in [0.2, 0.25) is 0 Å². The van der Waals surface area contributed by atoms with Gasteiger partial charge in [-0.1, -0.05) is 13.3 Å². The van der Waals surface area contributed by atoms with Gasteiger partial charge in [-0.2, -0.15) is 0 Å². The van der Waals surface area contributed by atoms with Crippen molar-refractivity contribution in [2.75, 3.05) is 12.3 Å². The molecule has 4 N–H and O–H groups in total. The molecule has 10 heteroatoms. The molecule has 1 fully saturated rings. The number of ether oxygens (including phenoxy) is 2. The number of fused-ring (bicyclic) bond motifs is 1. The minimum Gasteiger partial charge on any atom is -0.464 e. The van der Waals surface area contributed by atoms with Crippen LogP contribution < -0.4 is 5.73 Å². The Morgan fingerprint density at radius 2 is 2.17 bits per heavy atom. The molecule has 2 aromatic rings. The molecule has 10 nitrogen and oxygen atoms in total. The smallest absolute Gasteiger partial charge is 0.338 e. The number of carbonyl (C=O) groups excluding carboxylic acids is 1. The Morgan fingerprint density at radius 1 is 1.38 bits per heavy atom. The maximum absolute atomic E-state index is 12.0. The van der Waals surface area contributed by atoms with Crippen molar-refractivity contribution in [2.45, 2.75) is 44.3 Å². The Hall–Kier alpha value is -2.30. The van der Waals surface area contributed by atoms with Gasteiger partial charge in [0.15, 0.2) is 23.8 Å². The zero-order valence-corrected chi connectivity index (χ0v) is 13.1. The van der Waals surface area contributed by atoms with E-state index in [9.17, 15) is 15.0 Å². The molecule has 4 atom stereocenters. The monoisotopic (exact) mass is 337 g/mol. The number of anilines is 1. The predicted octanol–water partition coefficient (Wildman–Crippen LogP) is -0.629. The lowest BCUT2D eigenvalue weighted by molar-refractivity contribution is -0.162. The van der Waals surface area contributed by atoms with E-state index >= 15 is 0 Å². The van der Waals surface area contributed by atoms with Crippen molar-refractivity contribution in [1.29, 1.82) is 0 Å². The number of aliphatic hydroxyl groups excluding tert-OH is 2. The number of hydrogen-bond donors (Lipinski definition) is 3. The van der Waals surface area contributed by atoms with E-state index in [-0.39, 0.29) is 12.4 Å². The van der Waals surface area contributed by atoms with Gasteiger partial charge in [-0.05, 0) is 6.42 Å². The molecule has 0 aliphatic carbocycles. The number of hydrogen-bond acceptors (Lipinski definition) is 9. The highest BCUT2D eigenvalue weighted by molar-refractivity contribution is 5.81. The molecule has 0 bridgehead atoms. The molecule has 0 radical (unpaired) electrons. The van der Waals surface area contributed by atoms with E-state index < -0.39 is 30.5 Å². The van der Waals surface area contributed by atoms with E-state index in [0.29, 0.717) is 17.6 Å². The van der Waals surface area contributed by atoms with Crippen molar-refractivity contribution in [1.82, 2.24) is 19.5 Å². The van der Waals surface area contributed by atoms with E-state index in [1.807, 2.05) is 6.92 Å². The van der Waals surface area contributed by atoms with Gasteiger partial charge in [-0.15, -0.1) is 0 Å². The van der Waals surface area contributed by atoms with Gasteiger partial charge in [0.25, 0.3) is 0 Å². The minimum absolute atomic E-state index is 0.183. The molecule has 130 valence electrons. The third-order valence-electron chi connectivity index (χ3n) is 3.87. The van der Waals surface area contributed by atoms with E-state index in [0.717, 1.165) is 6.42 Å². The number of nitrogen functional groups attached to an aromatic ring is 1. The fourth-order valence-electron chi connectivity index (χ4n) is 2.54. The second-order valence-corrected chi connectivity index (χ2v) is 5.53. The quantitative estimate of drug-likeness (QED) is 0.479. The van der Waals surface area contributed by atoms with Gasteiger partial charge in [0.2, 0.25) is 0 Å². The fourth-order valence-corrected chi connectivity index (χ4v) is 2.54. The van der Waals surface area contributed by atoms with E-state index in [1.54, 1.807) is 0 Å². The van der Waals surface area contributed by atoms with Crippen LogP contribution in [0.1, 0.15) is 26.0 Å². The molecule has 1 aliphatic heterocycles. The Labute approximate surface area is 137 Å². The number of nitrogens with zero attached hydrogens (tertiary/aromatic N) is 4. The highest BCUT2D eigenvalue weighted by Crippen LogP contribution is 2.32. The van der Waals surface area contributed by atoms with Crippen molar-refractivity contribution in [2.24, 2.45) is 0 Å². The number of aromatic nitrogens is 4. The first-order chi connectivity index (χ1) is 11.5. The number of carbonyl (C=O) groups is 1. The number of rotatable bonds is 5. The summed E-state index contributed by atoms with van der Waals surface area (Å²) < 4.78 is 12.0. The molecule has 3 rings (SSSR count). The second kappa shape index (κ2) is 6.67. The van der Waals surface area contributed by atoms with Crippen LogP contribution in [0.3, 0.4) is 0 Å². The normalized spacial score (nSPS) is 26.8. The first-order valence-corrected chi connectivity index (χ1v) is 7.65. The lowest BCUT2D eigenvalue weighted by Crippen LogP contribution is -2.37. The number of aliphatic hydroxyl groups is 2. The SMILES string of the molecule is CCCCOC(=O)C1OC(n2cnc3c(N)ncnc32)C(O)C1O. The van der Waals surface area contributed by atoms with Crippen molar-refractivity contribution in [3.8, 4) is 0 Å². The lowest BCUT2D eigenvalue weighted by Gasteiger charge is -2.16. The van der Waals surface area contributed by atoms with Gasteiger partial charge < -0.3 is 25.4 Å². The topological polar surface area (TPSA) is 146 Å². The number of esters is 1. The van der Waals surface area contributed by atoms with Crippen LogP contribution in [-0.2, 0) is 14.3 Å². The standard InChI is InChI=1S/C14H19N5O5/c1-2-3-4-23-14(22)10-8(20)9(21)13(24-10)19-6-18-7-11(15)16-5-17-12(7)19/h5-6,8-10,13,20-21H,2-4H2,1H3,(H2,15,16,17). The first kappa shape index (κ1) is 16.6. The Morgan fingerprint density at radius 3 is 2.92 bits per heavy atom. The average molecular weight is 337 g/mol. The lowest BCUT2D eigenvalue weighted by atomic mass is 10.1. The highest BCUT2D eigenvalue weighted by atomic mass is 16.6. The predicted molar refractivity (Wildman–Crippen MR) is 81.5 cm³/mol. The van der Waals surface area contributed by atoms with Crippen LogP contribution >= 0.6 is 0 Å². The molecule has 1 aliphatic rings. The molecule has 0 spiro atoms. The molecule has 1 saturated heterocycles. The number of nitrogens with two attached hydrogens (primary N) is 1. The van der Waals surface area contributed by atoms with Gasteiger partial charge in [0.05, 0.1) is 12.9 Å². The van der Waals surface area contributed by atoms with E-state index in [4.69, 9.17) is 15.2 Å². The number of imidazole rings is 1. The summed E-state index contributed by atoms with van der Waals surface area (Å²) in [4.78, 5) is 24.0. The zero-order chi connectivity index (χ0) is 17.3. The summed E-state index contributed by atoms with van der Waals surface area (Å²) in [6.07, 6.45) is -0.882. The molecule has 0 saturated carbocycles. The number of unbranched alkanes of at least 4 members (excludes halogenated alkanes) is 1. The van der Waals surface area contributed by atoms with Crippen LogP contribution in [0.4, 0.5) is 5.82 Å². The Balaban J connectivity index is 1.81. The largest absolute Gasteiger partial charge is 0.464 e. The third-order valence-corrected chi connectivity index (χ3v) is 3.87. The van der Waals surface area contributed by atoms with Crippen LogP contribution in [0, 0.1) is 0 Å². The Kier molecular flexibility index (Phi) is 4.60. The van der Waals surface area contributed by atoms with Crippen molar-refractivity contribution in [3.63, 3.8) is 0 Å².